The summed E-state index contributed by atoms with van der Waals surface area (Å²) in [5.74, 6) is 1.28. The molecule has 1 heterocycles. The zero-order valence-corrected chi connectivity index (χ0v) is 13.2. The van der Waals surface area contributed by atoms with Crippen LogP contribution in [0.1, 0.15) is 12.1 Å². The average molecular weight is 318 g/mol. The van der Waals surface area contributed by atoms with Crippen LogP contribution in [0.25, 0.3) is 0 Å². The van der Waals surface area contributed by atoms with Crippen molar-refractivity contribution in [1.82, 2.24) is 4.98 Å². The van der Waals surface area contributed by atoms with Crippen LogP contribution >= 0.6 is 0 Å². The summed E-state index contributed by atoms with van der Waals surface area (Å²) in [6, 6.07) is 22.6. The summed E-state index contributed by atoms with van der Waals surface area (Å²) in [4.78, 5) is 16.4. The molecule has 0 aliphatic rings. The maximum atomic E-state index is 12.2. The summed E-state index contributed by atoms with van der Waals surface area (Å²) >= 11 is 0. The summed E-state index contributed by atoms with van der Waals surface area (Å²) in [6.45, 7) is 0. The molecule has 0 bridgehead atoms. The number of benzene rings is 2. The molecule has 1 amide bonds. The number of anilines is 1. The van der Waals surface area contributed by atoms with Gasteiger partial charge in [-0.3, -0.25) is 9.78 Å². The van der Waals surface area contributed by atoms with Crippen LogP contribution in [0.3, 0.4) is 0 Å². The molecule has 0 saturated carbocycles. The highest BCUT2D eigenvalue weighted by Gasteiger charge is 2.09. The number of ether oxygens (including phenoxy) is 1. The van der Waals surface area contributed by atoms with Gasteiger partial charge in [-0.25, -0.2) is 0 Å². The molecule has 120 valence electrons. The van der Waals surface area contributed by atoms with Crippen molar-refractivity contribution in [3.63, 3.8) is 0 Å². The number of para-hydroxylation sites is 3. The first-order chi connectivity index (χ1) is 11.8. The van der Waals surface area contributed by atoms with Gasteiger partial charge in [0.25, 0.3) is 0 Å². The molecule has 24 heavy (non-hydrogen) atoms. The predicted molar refractivity (Wildman–Crippen MR) is 94.1 cm³/mol. The molecule has 4 heteroatoms. The summed E-state index contributed by atoms with van der Waals surface area (Å²) in [5, 5.41) is 2.91. The molecule has 0 unspecified atom stereocenters. The number of nitrogens with zero attached hydrogens (tertiary/aromatic N) is 1. The van der Waals surface area contributed by atoms with Crippen LogP contribution in [0.2, 0.25) is 0 Å². The minimum absolute atomic E-state index is 0.0650. The number of hydrogen-bond acceptors (Lipinski definition) is 3. The molecule has 0 fully saturated rings. The van der Waals surface area contributed by atoms with E-state index in [0.29, 0.717) is 24.3 Å². The van der Waals surface area contributed by atoms with Gasteiger partial charge in [0.2, 0.25) is 5.91 Å². The SMILES string of the molecule is O=C(CCc1ccccn1)Nc1ccccc1Oc1ccccc1. The summed E-state index contributed by atoms with van der Waals surface area (Å²) in [6.07, 6.45) is 2.71. The molecule has 1 N–H and O–H groups in total. The topological polar surface area (TPSA) is 51.2 Å². The first-order valence-corrected chi connectivity index (χ1v) is 7.83. The lowest BCUT2D eigenvalue weighted by Gasteiger charge is -2.12. The number of rotatable bonds is 6. The summed E-state index contributed by atoms with van der Waals surface area (Å²) < 4.78 is 5.85. The molecule has 0 spiro atoms. The first-order valence-electron chi connectivity index (χ1n) is 7.83. The zero-order valence-electron chi connectivity index (χ0n) is 13.2. The predicted octanol–water partition coefficient (Wildman–Crippen LogP) is 4.45. The Labute approximate surface area is 141 Å². The Hall–Kier alpha value is -3.14. The second-order valence-corrected chi connectivity index (χ2v) is 5.28. The number of aromatic nitrogens is 1. The Morgan fingerprint density at radius 3 is 2.46 bits per heavy atom. The van der Waals surface area contributed by atoms with Gasteiger partial charge in [0.05, 0.1) is 5.69 Å². The van der Waals surface area contributed by atoms with Crippen molar-refractivity contribution in [3.05, 3.63) is 84.7 Å². The van der Waals surface area contributed by atoms with E-state index in [-0.39, 0.29) is 5.91 Å². The number of aryl methyl sites for hydroxylation is 1. The van der Waals surface area contributed by atoms with Gasteiger partial charge in [-0.05, 0) is 42.8 Å². The normalized spacial score (nSPS) is 10.2. The van der Waals surface area contributed by atoms with E-state index in [1.807, 2.05) is 72.8 Å². The van der Waals surface area contributed by atoms with Crippen molar-refractivity contribution in [2.45, 2.75) is 12.8 Å². The quantitative estimate of drug-likeness (QED) is 0.731. The van der Waals surface area contributed by atoms with E-state index in [4.69, 9.17) is 4.74 Å². The molecule has 0 radical (unpaired) electrons. The number of carbonyl (C=O) groups is 1. The largest absolute Gasteiger partial charge is 0.455 e. The Morgan fingerprint density at radius 2 is 1.67 bits per heavy atom. The fourth-order valence-electron chi connectivity index (χ4n) is 2.27. The van der Waals surface area contributed by atoms with E-state index >= 15 is 0 Å². The van der Waals surface area contributed by atoms with Crippen molar-refractivity contribution >= 4 is 11.6 Å². The number of carbonyl (C=O) groups excluding carboxylic acids is 1. The Kier molecular flexibility index (Phi) is 5.20. The van der Waals surface area contributed by atoms with E-state index in [1.165, 1.54) is 0 Å². The molecular formula is C20H18N2O2. The van der Waals surface area contributed by atoms with Gasteiger partial charge in [0.15, 0.2) is 5.75 Å². The summed E-state index contributed by atoms with van der Waals surface area (Å²) in [5.41, 5.74) is 1.56. The van der Waals surface area contributed by atoms with Crippen LogP contribution in [0.4, 0.5) is 5.69 Å². The molecule has 0 aliphatic carbocycles. The third-order valence-corrected chi connectivity index (χ3v) is 3.47. The van der Waals surface area contributed by atoms with Crippen LogP contribution in [0.15, 0.2) is 79.0 Å². The lowest BCUT2D eigenvalue weighted by molar-refractivity contribution is -0.116. The summed E-state index contributed by atoms with van der Waals surface area (Å²) in [7, 11) is 0. The molecular weight excluding hydrogens is 300 g/mol. The highest BCUT2D eigenvalue weighted by Crippen LogP contribution is 2.29. The van der Waals surface area contributed by atoms with Crippen molar-refractivity contribution < 1.29 is 9.53 Å². The van der Waals surface area contributed by atoms with E-state index < -0.39 is 0 Å². The molecule has 0 atom stereocenters. The molecule has 3 aromatic rings. The average Bonchev–Trinajstić information content (AvgIpc) is 2.63. The van der Waals surface area contributed by atoms with Gasteiger partial charge >= 0.3 is 0 Å². The number of amides is 1. The molecule has 3 rings (SSSR count). The minimum Gasteiger partial charge on any atom is -0.455 e. The minimum atomic E-state index is -0.0650. The fraction of sp³-hybridized carbons (Fsp3) is 0.100. The Morgan fingerprint density at radius 1 is 0.917 bits per heavy atom. The third-order valence-electron chi connectivity index (χ3n) is 3.47. The van der Waals surface area contributed by atoms with E-state index in [9.17, 15) is 4.79 Å². The molecule has 0 aliphatic heterocycles. The van der Waals surface area contributed by atoms with Gasteiger partial charge in [0.1, 0.15) is 5.75 Å². The molecule has 0 saturated heterocycles. The first kappa shape index (κ1) is 15.7. The number of pyridine rings is 1. The fourth-order valence-corrected chi connectivity index (χ4v) is 2.27. The third kappa shape index (κ3) is 4.43. The Bertz CT molecular complexity index is 789. The zero-order chi connectivity index (χ0) is 16.6. The maximum Gasteiger partial charge on any atom is 0.224 e. The second kappa shape index (κ2) is 7.92. The van der Waals surface area contributed by atoms with Gasteiger partial charge in [-0.2, -0.15) is 0 Å². The monoisotopic (exact) mass is 318 g/mol. The highest BCUT2D eigenvalue weighted by atomic mass is 16.5. The van der Waals surface area contributed by atoms with Crippen LogP contribution in [0, 0.1) is 0 Å². The molecule has 1 aromatic heterocycles. The van der Waals surface area contributed by atoms with Crippen molar-refractivity contribution in [2.75, 3.05) is 5.32 Å². The molecule has 4 nitrogen and oxygen atoms in total. The van der Waals surface area contributed by atoms with Gasteiger partial charge in [0, 0.05) is 18.3 Å². The van der Waals surface area contributed by atoms with E-state index in [2.05, 4.69) is 10.3 Å². The van der Waals surface area contributed by atoms with Gasteiger partial charge in [-0.1, -0.05) is 36.4 Å². The van der Waals surface area contributed by atoms with Gasteiger partial charge < -0.3 is 10.1 Å². The maximum absolute atomic E-state index is 12.2. The molecule has 2 aromatic carbocycles. The van der Waals surface area contributed by atoms with Crippen LogP contribution < -0.4 is 10.1 Å². The van der Waals surface area contributed by atoms with Gasteiger partial charge in [-0.15, -0.1) is 0 Å². The number of nitrogens with one attached hydrogen (secondary N) is 1. The highest BCUT2D eigenvalue weighted by molar-refractivity contribution is 5.92. The van der Waals surface area contributed by atoms with E-state index in [1.54, 1.807) is 6.20 Å². The van der Waals surface area contributed by atoms with Crippen molar-refractivity contribution in [2.24, 2.45) is 0 Å². The standard InChI is InChI=1S/C20H18N2O2/c23-20(14-13-16-8-6-7-15-21-16)22-18-11-4-5-12-19(18)24-17-9-2-1-3-10-17/h1-12,15H,13-14H2,(H,22,23). The smallest absolute Gasteiger partial charge is 0.224 e. The second-order valence-electron chi connectivity index (χ2n) is 5.28. The van der Waals surface area contributed by atoms with Crippen LogP contribution in [-0.4, -0.2) is 10.9 Å². The Balaban J connectivity index is 1.63. The van der Waals surface area contributed by atoms with Crippen LogP contribution in [-0.2, 0) is 11.2 Å². The van der Waals surface area contributed by atoms with Crippen molar-refractivity contribution in [3.8, 4) is 11.5 Å². The van der Waals surface area contributed by atoms with Crippen LogP contribution in [0.5, 0.6) is 11.5 Å². The lowest BCUT2D eigenvalue weighted by Crippen LogP contribution is -2.13. The van der Waals surface area contributed by atoms with E-state index in [0.717, 1.165) is 11.4 Å². The number of hydrogen-bond donors (Lipinski definition) is 1. The lowest BCUT2D eigenvalue weighted by atomic mass is 10.2. The van der Waals surface area contributed by atoms with Crippen molar-refractivity contribution in [1.29, 1.82) is 0 Å².